The van der Waals surface area contributed by atoms with Crippen LogP contribution in [0.15, 0.2) is 24.3 Å². The summed E-state index contributed by atoms with van der Waals surface area (Å²) in [5, 5.41) is 3.66. The van der Waals surface area contributed by atoms with Gasteiger partial charge in [-0.3, -0.25) is 0 Å². The molecule has 0 bridgehead atoms. The van der Waals surface area contributed by atoms with E-state index in [0.29, 0.717) is 6.04 Å². The third-order valence-electron chi connectivity index (χ3n) is 3.93. The van der Waals surface area contributed by atoms with Crippen LogP contribution in [0.5, 0.6) is 0 Å². The zero-order chi connectivity index (χ0) is 15.7. The van der Waals surface area contributed by atoms with Crippen molar-refractivity contribution < 1.29 is 9.13 Å². The van der Waals surface area contributed by atoms with E-state index in [-0.39, 0.29) is 11.2 Å². The molecule has 0 aromatic heterocycles. The predicted octanol–water partition coefficient (Wildman–Crippen LogP) is 4.71. The van der Waals surface area contributed by atoms with E-state index in [1.165, 1.54) is 18.4 Å². The fourth-order valence-electron chi connectivity index (χ4n) is 2.36. The van der Waals surface area contributed by atoms with E-state index in [0.717, 1.165) is 26.0 Å². The van der Waals surface area contributed by atoms with E-state index in [9.17, 15) is 4.39 Å². The molecule has 0 saturated carbocycles. The molecule has 1 aromatic carbocycles. The monoisotopic (exact) mass is 295 g/mol. The van der Waals surface area contributed by atoms with Gasteiger partial charge in [0.15, 0.2) is 0 Å². The van der Waals surface area contributed by atoms with E-state index in [1.54, 1.807) is 19.2 Å². The SMILES string of the molecule is CCCCC(NCC(C)(C)CCOC)c1ccc(F)cc1. The lowest BCUT2D eigenvalue weighted by Crippen LogP contribution is -2.33. The molecule has 0 aliphatic heterocycles. The molecule has 3 heteroatoms. The normalized spacial score (nSPS) is 13.4. The van der Waals surface area contributed by atoms with Crippen molar-refractivity contribution in [3.63, 3.8) is 0 Å². The lowest BCUT2D eigenvalue weighted by atomic mass is 9.88. The van der Waals surface area contributed by atoms with Crippen molar-refractivity contribution >= 4 is 0 Å². The van der Waals surface area contributed by atoms with Crippen LogP contribution in [0.25, 0.3) is 0 Å². The Kier molecular flexibility index (Phi) is 7.91. The number of hydrogen-bond donors (Lipinski definition) is 1. The average Bonchev–Trinajstić information content (AvgIpc) is 2.46. The molecule has 120 valence electrons. The van der Waals surface area contributed by atoms with Crippen molar-refractivity contribution in [3.8, 4) is 0 Å². The van der Waals surface area contributed by atoms with Crippen LogP contribution in [-0.2, 0) is 4.74 Å². The molecular formula is C18H30FNO. The van der Waals surface area contributed by atoms with Crippen molar-refractivity contribution in [2.24, 2.45) is 5.41 Å². The van der Waals surface area contributed by atoms with Crippen LogP contribution in [0.2, 0.25) is 0 Å². The van der Waals surface area contributed by atoms with Gasteiger partial charge in [0.25, 0.3) is 0 Å². The molecule has 0 heterocycles. The zero-order valence-corrected chi connectivity index (χ0v) is 13.9. The Balaban J connectivity index is 2.63. The van der Waals surface area contributed by atoms with Gasteiger partial charge in [0, 0.05) is 26.3 Å². The van der Waals surface area contributed by atoms with Gasteiger partial charge < -0.3 is 10.1 Å². The van der Waals surface area contributed by atoms with Crippen molar-refractivity contribution in [3.05, 3.63) is 35.6 Å². The van der Waals surface area contributed by atoms with Gasteiger partial charge in [-0.25, -0.2) is 4.39 Å². The maximum Gasteiger partial charge on any atom is 0.123 e. The number of rotatable bonds is 10. The van der Waals surface area contributed by atoms with E-state index < -0.39 is 0 Å². The molecule has 2 nitrogen and oxygen atoms in total. The largest absolute Gasteiger partial charge is 0.385 e. The third kappa shape index (κ3) is 7.05. The van der Waals surface area contributed by atoms with E-state index in [1.807, 2.05) is 12.1 Å². The van der Waals surface area contributed by atoms with Gasteiger partial charge in [-0.15, -0.1) is 0 Å². The summed E-state index contributed by atoms with van der Waals surface area (Å²) >= 11 is 0. The molecule has 21 heavy (non-hydrogen) atoms. The van der Waals surface area contributed by atoms with Crippen molar-refractivity contribution in [1.82, 2.24) is 5.32 Å². The topological polar surface area (TPSA) is 21.3 Å². The zero-order valence-electron chi connectivity index (χ0n) is 13.9. The smallest absolute Gasteiger partial charge is 0.123 e. The van der Waals surface area contributed by atoms with Crippen LogP contribution in [-0.4, -0.2) is 20.3 Å². The highest BCUT2D eigenvalue weighted by molar-refractivity contribution is 5.20. The maximum absolute atomic E-state index is 13.1. The summed E-state index contributed by atoms with van der Waals surface area (Å²) in [5.41, 5.74) is 1.37. The van der Waals surface area contributed by atoms with Gasteiger partial charge in [0.2, 0.25) is 0 Å². The second-order valence-corrected chi connectivity index (χ2v) is 6.53. The maximum atomic E-state index is 13.1. The highest BCUT2D eigenvalue weighted by Crippen LogP contribution is 2.24. The fraction of sp³-hybridized carbons (Fsp3) is 0.667. The molecule has 0 aliphatic carbocycles. The molecule has 1 N–H and O–H groups in total. The first kappa shape index (κ1) is 18.1. The molecule has 1 unspecified atom stereocenters. The van der Waals surface area contributed by atoms with Gasteiger partial charge in [-0.2, -0.15) is 0 Å². The lowest BCUT2D eigenvalue weighted by Gasteiger charge is -2.28. The summed E-state index contributed by atoms with van der Waals surface area (Å²) in [6, 6.07) is 7.18. The minimum Gasteiger partial charge on any atom is -0.385 e. The molecule has 1 rings (SSSR count). The predicted molar refractivity (Wildman–Crippen MR) is 86.9 cm³/mol. The van der Waals surface area contributed by atoms with E-state index in [4.69, 9.17) is 4.74 Å². The molecular weight excluding hydrogens is 265 g/mol. The number of nitrogens with one attached hydrogen (secondary N) is 1. The summed E-state index contributed by atoms with van der Waals surface area (Å²) < 4.78 is 18.3. The second-order valence-electron chi connectivity index (χ2n) is 6.53. The first-order valence-electron chi connectivity index (χ1n) is 7.96. The first-order chi connectivity index (χ1) is 9.98. The molecule has 0 spiro atoms. The summed E-state index contributed by atoms with van der Waals surface area (Å²) in [6.45, 7) is 8.42. The molecule has 1 atom stereocenters. The molecule has 0 fully saturated rings. The average molecular weight is 295 g/mol. The van der Waals surface area contributed by atoms with Gasteiger partial charge in [-0.1, -0.05) is 45.7 Å². The van der Waals surface area contributed by atoms with Crippen LogP contribution < -0.4 is 5.32 Å². The standard InChI is InChI=1S/C18H30FNO/c1-5-6-7-17(15-8-10-16(19)11-9-15)20-14-18(2,3)12-13-21-4/h8-11,17,20H,5-7,12-14H2,1-4H3. The number of hydrogen-bond acceptors (Lipinski definition) is 2. The Hall–Kier alpha value is -0.930. The van der Waals surface area contributed by atoms with Crippen LogP contribution >= 0.6 is 0 Å². The highest BCUT2D eigenvalue weighted by atomic mass is 19.1. The minimum absolute atomic E-state index is 0.173. The lowest BCUT2D eigenvalue weighted by molar-refractivity contribution is 0.148. The number of halogens is 1. The Labute approximate surface area is 129 Å². The molecule has 0 saturated heterocycles. The van der Waals surface area contributed by atoms with Crippen LogP contribution in [0.4, 0.5) is 4.39 Å². The van der Waals surface area contributed by atoms with Crippen molar-refractivity contribution in [2.75, 3.05) is 20.3 Å². The number of methoxy groups -OCH3 is 1. The Morgan fingerprint density at radius 1 is 1.24 bits per heavy atom. The summed E-state index contributed by atoms with van der Waals surface area (Å²) in [4.78, 5) is 0. The van der Waals surface area contributed by atoms with E-state index in [2.05, 4.69) is 26.1 Å². The van der Waals surface area contributed by atoms with Gasteiger partial charge >= 0.3 is 0 Å². The Bertz CT molecular complexity index is 389. The van der Waals surface area contributed by atoms with Crippen LogP contribution in [0.3, 0.4) is 0 Å². The van der Waals surface area contributed by atoms with Crippen molar-refractivity contribution in [2.45, 2.75) is 52.5 Å². The van der Waals surface area contributed by atoms with Gasteiger partial charge in [-0.05, 0) is 36.0 Å². The summed E-state index contributed by atoms with van der Waals surface area (Å²) in [7, 11) is 1.74. The molecule has 0 radical (unpaired) electrons. The van der Waals surface area contributed by atoms with Gasteiger partial charge in [0.1, 0.15) is 5.82 Å². The first-order valence-corrected chi connectivity index (χ1v) is 7.96. The molecule has 0 amide bonds. The number of unbranched alkanes of at least 4 members (excludes halogenated alkanes) is 1. The van der Waals surface area contributed by atoms with Crippen LogP contribution in [0.1, 0.15) is 58.1 Å². The van der Waals surface area contributed by atoms with E-state index >= 15 is 0 Å². The van der Waals surface area contributed by atoms with Gasteiger partial charge in [0.05, 0.1) is 0 Å². The second kappa shape index (κ2) is 9.16. The summed E-state index contributed by atoms with van der Waals surface area (Å²) in [5.74, 6) is -0.173. The summed E-state index contributed by atoms with van der Waals surface area (Å²) in [6.07, 6.45) is 4.46. The third-order valence-corrected chi connectivity index (χ3v) is 3.93. The Morgan fingerprint density at radius 2 is 1.90 bits per heavy atom. The minimum atomic E-state index is -0.173. The highest BCUT2D eigenvalue weighted by Gasteiger charge is 2.20. The van der Waals surface area contributed by atoms with Crippen LogP contribution in [0, 0.1) is 11.2 Å². The number of ether oxygens (including phenoxy) is 1. The van der Waals surface area contributed by atoms with Crippen molar-refractivity contribution in [1.29, 1.82) is 0 Å². The quantitative estimate of drug-likeness (QED) is 0.675. The molecule has 0 aliphatic rings. The fourth-order valence-corrected chi connectivity index (χ4v) is 2.36. The molecule has 1 aromatic rings. The number of benzene rings is 1. The Morgan fingerprint density at radius 3 is 2.48 bits per heavy atom.